The number of hydrogen-bond donors (Lipinski definition) is 0. The van der Waals surface area contributed by atoms with Crippen LogP contribution in [0.2, 0.25) is 5.31 Å². The summed E-state index contributed by atoms with van der Waals surface area (Å²) in [5, 5.41) is 0.162. The predicted molar refractivity (Wildman–Crippen MR) is 148 cm³/mol. The van der Waals surface area contributed by atoms with Crippen molar-refractivity contribution in [1.82, 2.24) is 0 Å². The summed E-state index contributed by atoms with van der Waals surface area (Å²) in [6.07, 6.45) is 0. The van der Waals surface area contributed by atoms with E-state index >= 15 is 0 Å². The second-order valence-corrected chi connectivity index (χ2v) is 18.1. The van der Waals surface area contributed by atoms with Gasteiger partial charge in [0.05, 0.1) is 0 Å². The van der Waals surface area contributed by atoms with Gasteiger partial charge in [-0.15, -0.1) is 0 Å². The minimum absolute atomic E-state index is 0.144. The van der Waals surface area contributed by atoms with Crippen LogP contribution in [0.15, 0.2) is 0 Å². The molecule has 0 heterocycles. The Balaban J connectivity index is 2.29. The zero-order valence-corrected chi connectivity index (χ0v) is 26.5. The van der Waals surface area contributed by atoms with Gasteiger partial charge in [-0.2, -0.15) is 0 Å². The molecule has 5 saturated carbocycles. The lowest BCUT2D eigenvalue weighted by molar-refractivity contribution is -0.439. The Morgan fingerprint density at radius 3 is 0.848 bits per heavy atom. The van der Waals surface area contributed by atoms with Crippen molar-refractivity contribution >= 4 is 7.85 Å². The van der Waals surface area contributed by atoms with Crippen LogP contribution in [0.4, 0.5) is 0 Å². The molecule has 6 atom stereocenters. The molecule has 0 spiro atoms. The average Bonchev–Trinajstić information content (AvgIpc) is 2.77. The molecule has 0 radical (unpaired) electrons. The highest BCUT2D eigenvalue weighted by atomic mass is 15.1. The van der Waals surface area contributed by atoms with Gasteiger partial charge in [-0.3, -0.25) is 0 Å². The quantitative estimate of drug-likeness (QED) is 0.347. The summed E-state index contributed by atoms with van der Waals surface area (Å²) >= 11 is 0. The lowest BCUT2D eigenvalue weighted by Crippen LogP contribution is -2.88. The Kier molecular flexibility index (Phi) is 4.02. The fourth-order valence-corrected chi connectivity index (χ4v) is 15.6. The van der Waals surface area contributed by atoms with Crippen LogP contribution in [-0.4, -0.2) is 7.85 Å². The average molecular weight is 455 g/mol. The predicted octanol–water partition coefficient (Wildman–Crippen LogP) is 9.05. The number of rotatable bonds is 1. The molecule has 5 aliphatic carbocycles. The molecule has 33 heavy (non-hydrogen) atoms. The van der Waals surface area contributed by atoms with Gasteiger partial charge in [-0.25, -0.2) is 0 Å². The SMILES string of the molecule is B[C@]1(C)C2(C)C(C)(C)C3(C)C(C)(C)C2(C)C(C)(C)C3(C)C1(C)C1(C)C(C)(C)C(C)(C)C1(C)C. The summed E-state index contributed by atoms with van der Waals surface area (Å²) in [5.41, 5.74) is 2.55. The molecule has 0 nitrogen and oxygen atoms in total. The molecule has 5 aliphatic rings. The van der Waals surface area contributed by atoms with Crippen LogP contribution in [-0.2, 0) is 0 Å². The molecule has 190 valence electrons. The van der Waals surface area contributed by atoms with Gasteiger partial charge in [0.1, 0.15) is 7.85 Å². The van der Waals surface area contributed by atoms with Crippen LogP contribution >= 0.6 is 0 Å². The highest BCUT2D eigenvalue weighted by Crippen LogP contribution is 3.08. The molecule has 0 saturated heterocycles. The first-order valence-corrected chi connectivity index (χ1v) is 14.0. The van der Waals surface area contributed by atoms with Gasteiger partial charge in [0, 0.05) is 0 Å². The summed E-state index contributed by atoms with van der Waals surface area (Å²) < 4.78 is 0. The molecule has 0 amide bonds. The fourth-order valence-electron chi connectivity index (χ4n) is 15.6. The fraction of sp³-hybridized carbons (Fsp3) is 1.00. The van der Waals surface area contributed by atoms with E-state index < -0.39 is 0 Å². The second kappa shape index (κ2) is 5.08. The summed E-state index contributed by atoms with van der Waals surface area (Å²) in [7, 11) is 2.71. The summed E-state index contributed by atoms with van der Waals surface area (Å²) in [6.45, 7) is 50.8. The van der Waals surface area contributed by atoms with Gasteiger partial charge in [0.2, 0.25) is 0 Å². The zero-order chi connectivity index (χ0) is 26.5. The van der Waals surface area contributed by atoms with Crippen LogP contribution in [0.5, 0.6) is 0 Å². The van der Waals surface area contributed by atoms with E-state index in [0.717, 1.165) is 0 Å². The van der Waals surface area contributed by atoms with E-state index in [-0.39, 0.29) is 70.3 Å². The Morgan fingerprint density at radius 1 is 0.242 bits per heavy atom. The summed E-state index contributed by atoms with van der Waals surface area (Å²) in [5.74, 6) is 0. The normalized spacial score (nSPS) is 57.1. The van der Waals surface area contributed by atoms with E-state index in [1.165, 1.54) is 0 Å². The lowest BCUT2D eigenvalue weighted by Gasteiger charge is -2.94. The van der Waals surface area contributed by atoms with Gasteiger partial charge < -0.3 is 0 Å². The maximum absolute atomic E-state index is 2.79. The number of fused-ring (bicyclic) bond motifs is 1. The molecule has 5 unspecified atom stereocenters. The largest absolute Gasteiger partial charge is 0.110 e. The van der Waals surface area contributed by atoms with Crippen LogP contribution in [0.3, 0.4) is 0 Å². The Labute approximate surface area is 209 Å². The lowest BCUT2D eigenvalue weighted by atomic mass is 9.08. The highest BCUT2D eigenvalue weighted by Gasteiger charge is 3.02. The van der Waals surface area contributed by atoms with E-state index in [4.69, 9.17) is 0 Å². The third-order valence-electron chi connectivity index (χ3n) is 19.6. The molecule has 0 aromatic rings. The maximum Gasteiger partial charge on any atom is 0.110 e. The van der Waals surface area contributed by atoms with E-state index in [2.05, 4.69) is 139 Å². The van der Waals surface area contributed by atoms with Crippen molar-refractivity contribution in [2.24, 2.45) is 65.0 Å². The Hall–Kier alpha value is 0.0649. The van der Waals surface area contributed by atoms with Gasteiger partial charge in [0.15, 0.2) is 0 Å². The van der Waals surface area contributed by atoms with Crippen molar-refractivity contribution in [3.8, 4) is 0 Å². The van der Waals surface area contributed by atoms with Crippen molar-refractivity contribution in [3.63, 3.8) is 0 Å². The molecule has 0 aromatic carbocycles. The molecule has 1 heteroatoms. The minimum Gasteiger partial charge on any atom is -0.0658 e. The van der Waals surface area contributed by atoms with Crippen LogP contribution < -0.4 is 0 Å². The molecule has 0 aromatic heterocycles. The van der Waals surface area contributed by atoms with Crippen molar-refractivity contribution in [3.05, 3.63) is 0 Å². The Bertz CT molecular complexity index is 929. The van der Waals surface area contributed by atoms with Gasteiger partial charge in [-0.05, 0) is 70.3 Å². The van der Waals surface area contributed by atoms with Gasteiger partial charge in [-0.1, -0.05) is 132 Å². The highest BCUT2D eigenvalue weighted by molar-refractivity contribution is 6.17. The first kappa shape index (κ1) is 26.1. The maximum atomic E-state index is 2.79. The molecular formula is C32H59B. The topological polar surface area (TPSA) is 0 Å². The second-order valence-electron chi connectivity index (χ2n) is 18.1. The summed E-state index contributed by atoms with van der Waals surface area (Å²) in [4.78, 5) is 0. The van der Waals surface area contributed by atoms with Crippen molar-refractivity contribution in [2.45, 2.75) is 137 Å². The van der Waals surface area contributed by atoms with Gasteiger partial charge >= 0.3 is 0 Å². The smallest absolute Gasteiger partial charge is 0.0658 e. The first-order chi connectivity index (χ1) is 14.0. The molecule has 0 N–H and O–H groups in total. The summed E-state index contributed by atoms with van der Waals surface area (Å²) in [6, 6.07) is 0. The van der Waals surface area contributed by atoms with Crippen molar-refractivity contribution in [2.75, 3.05) is 0 Å². The van der Waals surface area contributed by atoms with Crippen LogP contribution in [0.1, 0.15) is 132 Å². The molecule has 5 rings (SSSR count). The third-order valence-corrected chi connectivity index (χ3v) is 19.6. The van der Waals surface area contributed by atoms with Crippen LogP contribution in [0, 0.1) is 65.0 Å². The Morgan fingerprint density at radius 2 is 0.485 bits per heavy atom. The van der Waals surface area contributed by atoms with E-state index in [1.54, 1.807) is 0 Å². The van der Waals surface area contributed by atoms with E-state index in [1.807, 2.05) is 0 Å². The van der Waals surface area contributed by atoms with Crippen molar-refractivity contribution in [1.29, 1.82) is 0 Å². The standard InChI is InChI=1S/C32H59B/c1-20(2)21(3,4)26(13,22(20,5)6)31(18)29(16)24(9,10)28(15)23(7,8)27(29,14)25(11,12)30(28,17)32(31,19)33/h33H2,1-19H3/t27?,28?,29?,30?,31?,32-/m1/s1. The van der Waals surface area contributed by atoms with Crippen LogP contribution in [0.25, 0.3) is 0 Å². The van der Waals surface area contributed by atoms with Gasteiger partial charge in [0.25, 0.3) is 0 Å². The minimum atomic E-state index is 0.144. The molecule has 0 aliphatic heterocycles. The molecule has 5 fully saturated rings. The molecule has 4 bridgehead atoms. The monoisotopic (exact) mass is 454 g/mol. The number of hydrogen-bond acceptors (Lipinski definition) is 0. The zero-order valence-electron chi connectivity index (χ0n) is 26.5. The first-order valence-electron chi connectivity index (χ1n) is 14.0. The van der Waals surface area contributed by atoms with E-state index in [9.17, 15) is 0 Å². The van der Waals surface area contributed by atoms with E-state index in [0.29, 0.717) is 0 Å². The molecular weight excluding hydrogens is 395 g/mol. The van der Waals surface area contributed by atoms with Crippen molar-refractivity contribution < 1.29 is 0 Å². The third kappa shape index (κ3) is 1.40.